The number of imidazole rings is 1. The fraction of sp³-hybridized carbons (Fsp3) is 0.0833. The van der Waals surface area contributed by atoms with Crippen LogP contribution in [0, 0.1) is 0 Å². The van der Waals surface area contributed by atoms with E-state index >= 15 is 0 Å². The molecule has 0 amide bonds. The molecule has 2 nitrogen and oxygen atoms in total. The fourth-order valence-corrected chi connectivity index (χ4v) is 1.33. The molecule has 1 heterocycles. The first kappa shape index (κ1) is 8.75. The number of aromatic nitrogens is 2. The summed E-state index contributed by atoms with van der Waals surface area (Å²) in [6, 6.07) is 10.3. The van der Waals surface area contributed by atoms with E-state index in [4.69, 9.17) is 0 Å². The topological polar surface area (TPSA) is 17.8 Å². The van der Waals surface area contributed by atoms with E-state index in [0.29, 0.717) is 0 Å². The Morgan fingerprint density at radius 1 is 1.29 bits per heavy atom. The van der Waals surface area contributed by atoms with Crippen molar-refractivity contribution in [3.05, 3.63) is 54.6 Å². The maximum absolute atomic E-state index is 4.01. The quantitative estimate of drug-likeness (QED) is 0.701. The second-order valence-corrected chi connectivity index (χ2v) is 3.17. The van der Waals surface area contributed by atoms with Crippen LogP contribution in [-0.2, 0) is 0 Å². The van der Waals surface area contributed by atoms with Crippen LogP contribution >= 0.6 is 0 Å². The van der Waals surface area contributed by atoms with Gasteiger partial charge in [-0.1, -0.05) is 30.3 Å². The summed E-state index contributed by atoms with van der Waals surface area (Å²) >= 11 is 0. The summed E-state index contributed by atoms with van der Waals surface area (Å²) in [5.74, 6) is 0. The van der Waals surface area contributed by atoms with Crippen molar-refractivity contribution in [3.8, 4) is 0 Å². The summed E-state index contributed by atoms with van der Waals surface area (Å²) in [4.78, 5) is 4.01. The van der Waals surface area contributed by atoms with Crippen molar-refractivity contribution >= 4 is 11.8 Å². The monoisotopic (exact) mass is 184 g/mol. The summed E-state index contributed by atoms with van der Waals surface area (Å²) in [6.07, 6.45) is 7.65. The van der Waals surface area contributed by atoms with Crippen LogP contribution in [0.25, 0.3) is 11.8 Å². The zero-order valence-corrected chi connectivity index (χ0v) is 8.09. The molecule has 0 fully saturated rings. The van der Waals surface area contributed by atoms with Gasteiger partial charge in [-0.3, -0.25) is 0 Å². The number of hydrogen-bond donors (Lipinski definition) is 0. The molecular formula is C12H12N2. The Morgan fingerprint density at radius 2 is 2.07 bits per heavy atom. The lowest BCUT2D eigenvalue weighted by molar-refractivity contribution is 1.08. The number of benzene rings is 1. The molecule has 0 spiro atoms. The number of hydrogen-bond acceptors (Lipinski definition) is 1. The van der Waals surface area contributed by atoms with E-state index in [9.17, 15) is 0 Å². The molecule has 0 atom stereocenters. The Labute approximate surface area is 83.5 Å². The van der Waals surface area contributed by atoms with E-state index in [1.165, 1.54) is 5.56 Å². The highest BCUT2D eigenvalue weighted by molar-refractivity contribution is 5.69. The van der Waals surface area contributed by atoms with Gasteiger partial charge in [-0.2, -0.15) is 0 Å². The molecule has 0 saturated carbocycles. The second-order valence-electron chi connectivity index (χ2n) is 3.17. The third-order valence-corrected chi connectivity index (χ3v) is 2.09. The van der Waals surface area contributed by atoms with Crippen molar-refractivity contribution in [1.82, 2.24) is 9.55 Å². The molecule has 1 aromatic heterocycles. The van der Waals surface area contributed by atoms with E-state index in [-0.39, 0.29) is 0 Å². The lowest BCUT2D eigenvalue weighted by atomic mass is 10.2. The predicted octanol–water partition coefficient (Wildman–Crippen LogP) is 2.90. The maximum Gasteiger partial charge on any atom is 0.0989 e. The highest BCUT2D eigenvalue weighted by Crippen LogP contribution is 2.09. The minimum absolute atomic E-state index is 1.16. The fourth-order valence-electron chi connectivity index (χ4n) is 1.33. The first-order valence-electron chi connectivity index (χ1n) is 4.58. The van der Waals surface area contributed by atoms with Gasteiger partial charge in [0.2, 0.25) is 0 Å². The minimum atomic E-state index is 1.16. The smallest absolute Gasteiger partial charge is 0.0989 e. The molecule has 2 rings (SSSR count). The molecule has 0 radical (unpaired) electrons. The van der Waals surface area contributed by atoms with E-state index < -0.39 is 0 Å². The average Bonchev–Trinajstić information content (AvgIpc) is 2.72. The van der Waals surface area contributed by atoms with Gasteiger partial charge in [-0.25, -0.2) is 4.98 Å². The standard InChI is InChI=1S/C12H12N2/c1-11(14-8-7-13-10-14)9-12-5-3-2-4-6-12/h2-10H,1H3/b11-9-. The Balaban J connectivity index is 2.28. The highest BCUT2D eigenvalue weighted by atomic mass is 15.0. The van der Waals surface area contributed by atoms with Gasteiger partial charge < -0.3 is 4.57 Å². The second kappa shape index (κ2) is 3.92. The van der Waals surface area contributed by atoms with Crippen LogP contribution in [0.1, 0.15) is 12.5 Å². The molecule has 2 heteroatoms. The van der Waals surface area contributed by atoms with Crippen molar-refractivity contribution in [3.63, 3.8) is 0 Å². The molecule has 0 saturated heterocycles. The summed E-state index contributed by atoms with van der Waals surface area (Å²) in [6.45, 7) is 2.06. The zero-order chi connectivity index (χ0) is 9.80. The number of nitrogens with zero attached hydrogens (tertiary/aromatic N) is 2. The largest absolute Gasteiger partial charge is 0.310 e. The Bertz CT molecular complexity index is 413. The number of allylic oxidation sites excluding steroid dienone is 1. The average molecular weight is 184 g/mol. The van der Waals surface area contributed by atoms with Crippen LogP contribution in [0.4, 0.5) is 0 Å². The molecule has 0 aliphatic heterocycles. The van der Waals surface area contributed by atoms with Crippen molar-refractivity contribution in [2.45, 2.75) is 6.92 Å². The van der Waals surface area contributed by atoms with Crippen LogP contribution in [0.2, 0.25) is 0 Å². The van der Waals surface area contributed by atoms with Crippen molar-refractivity contribution < 1.29 is 0 Å². The summed E-state index contributed by atoms with van der Waals surface area (Å²) in [7, 11) is 0. The van der Waals surface area contributed by atoms with E-state index in [0.717, 1.165) is 5.70 Å². The van der Waals surface area contributed by atoms with Crippen molar-refractivity contribution in [1.29, 1.82) is 0 Å². The Kier molecular flexibility index (Phi) is 2.45. The SMILES string of the molecule is C/C(=C/c1ccccc1)n1ccnc1. The van der Waals surface area contributed by atoms with E-state index in [1.807, 2.05) is 29.0 Å². The van der Waals surface area contributed by atoms with Gasteiger partial charge in [0.25, 0.3) is 0 Å². The number of rotatable bonds is 2. The molecule has 0 unspecified atom stereocenters. The molecule has 14 heavy (non-hydrogen) atoms. The van der Waals surface area contributed by atoms with Crippen LogP contribution in [0.3, 0.4) is 0 Å². The minimum Gasteiger partial charge on any atom is -0.310 e. The molecule has 0 aliphatic rings. The van der Waals surface area contributed by atoms with Gasteiger partial charge >= 0.3 is 0 Å². The van der Waals surface area contributed by atoms with Gasteiger partial charge in [0.15, 0.2) is 0 Å². The summed E-state index contributed by atoms with van der Waals surface area (Å²) in [5, 5.41) is 0. The van der Waals surface area contributed by atoms with Gasteiger partial charge in [0.1, 0.15) is 0 Å². The zero-order valence-electron chi connectivity index (χ0n) is 8.09. The lowest BCUT2D eigenvalue weighted by Crippen LogP contribution is -1.87. The first-order chi connectivity index (χ1) is 6.86. The van der Waals surface area contributed by atoms with Gasteiger partial charge in [0, 0.05) is 18.1 Å². The third-order valence-electron chi connectivity index (χ3n) is 2.09. The van der Waals surface area contributed by atoms with E-state index in [2.05, 4.69) is 30.1 Å². The van der Waals surface area contributed by atoms with Crippen LogP contribution in [-0.4, -0.2) is 9.55 Å². The van der Waals surface area contributed by atoms with Gasteiger partial charge in [-0.15, -0.1) is 0 Å². The maximum atomic E-state index is 4.01. The molecule has 2 aromatic rings. The normalized spacial score (nSPS) is 11.6. The molecule has 0 aliphatic carbocycles. The molecule has 1 aromatic carbocycles. The lowest BCUT2D eigenvalue weighted by Gasteiger charge is -2.01. The van der Waals surface area contributed by atoms with Crippen LogP contribution < -0.4 is 0 Å². The summed E-state index contributed by atoms with van der Waals surface area (Å²) in [5.41, 5.74) is 2.37. The molecule has 0 bridgehead atoms. The highest BCUT2D eigenvalue weighted by Gasteiger charge is 1.92. The van der Waals surface area contributed by atoms with E-state index in [1.54, 1.807) is 12.5 Å². The van der Waals surface area contributed by atoms with Crippen molar-refractivity contribution in [2.75, 3.05) is 0 Å². The molecular weight excluding hydrogens is 172 g/mol. The first-order valence-corrected chi connectivity index (χ1v) is 4.58. The van der Waals surface area contributed by atoms with Crippen LogP contribution in [0.5, 0.6) is 0 Å². The van der Waals surface area contributed by atoms with Gasteiger partial charge in [0.05, 0.1) is 6.33 Å². The predicted molar refractivity (Wildman–Crippen MR) is 58.5 cm³/mol. The Morgan fingerprint density at radius 3 is 2.71 bits per heavy atom. The van der Waals surface area contributed by atoms with Crippen LogP contribution in [0.15, 0.2) is 49.1 Å². The van der Waals surface area contributed by atoms with Gasteiger partial charge in [-0.05, 0) is 18.6 Å². The molecule has 70 valence electrons. The summed E-state index contributed by atoms with van der Waals surface area (Å²) < 4.78 is 1.99. The van der Waals surface area contributed by atoms with Crippen molar-refractivity contribution in [2.24, 2.45) is 0 Å². The Hall–Kier alpha value is -1.83. The molecule has 0 N–H and O–H groups in total. The third kappa shape index (κ3) is 1.91.